The minimum absolute atomic E-state index is 0.0256. The lowest BCUT2D eigenvalue weighted by Crippen LogP contribution is -2.37. The van der Waals surface area contributed by atoms with Crippen LogP contribution >= 0.6 is 15.9 Å². The minimum Gasteiger partial charge on any atom is -0.478 e. The Kier molecular flexibility index (Phi) is 9.32. The van der Waals surface area contributed by atoms with Gasteiger partial charge in [-0.05, 0) is 66.9 Å². The Hall–Kier alpha value is -2.54. The number of benzene rings is 1. The summed E-state index contributed by atoms with van der Waals surface area (Å²) in [6, 6.07) is 4.23. The SMILES string of the molecule is CCn1nc(C)cc1C(=O)N(COCC[Si](C)(C)C)c1nc2c(C)c(C(=O)O)cc(Br)c2n1CCCO. The molecule has 37 heavy (non-hydrogen) atoms. The van der Waals surface area contributed by atoms with Crippen molar-refractivity contribution >= 4 is 52.9 Å². The number of carboxylic acid groups (broad SMARTS) is 1. The van der Waals surface area contributed by atoms with E-state index >= 15 is 0 Å². The summed E-state index contributed by atoms with van der Waals surface area (Å²) in [4.78, 5) is 32.1. The summed E-state index contributed by atoms with van der Waals surface area (Å²) >= 11 is 3.52. The van der Waals surface area contributed by atoms with Gasteiger partial charge in [0.15, 0.2) is 0 Å². The van der Waals surface area contributed by atoms with Gasteiger partial charge < -0.3 is 19.5 Å². The van der Waals surface area contributed by atoms with E-state index in [2.05, 4.69) is 40.7 Å². The lowest BCUT2D eigenvalue weighted by molar-refractivity contribution is 0.0695. The summed E-state index contributed by atoms with van der Waals surface area (Å²) in [6.07, 6.45) is 0.426. The number of amides is 1. The number of aryl methyl sites for hydroxylation is 4. The third kappa shape index (κ3) is 6.48. The number of anilines is 1. The van der Waals surface area contributed by atoms with Crippen molar-refractivity contribution in [3.8, 4) is 0 Å². The summed E-state index contributed by atoms with van der Waals surface area (Å²) in [7, 11) is -1.35. The molecule has 3 rings (SSSR count). The van der Waals surface area contributed by atoms with Gasteiger partial charge >= 0.3 is 5.97 Å². The minimum atomic E-state index is -1.35. The molecule has 0 atom stereocenters. The van der Waals surface area contributed by atoms with Gasteiger partial charge in [-0.25, -0.2) is 9.78 Å². The molecule has 0 aliphatic carbocycles. The number of carboxylic acids is 1. The molecule has 3 aromatic rings. The first-order valence-corrected chi connectivity index (χ1v) is 16.9. The molecular formula is C25H36BrN5O5Si. The highest BCUT2D eigenvalue weighted by Crippen LogP contribution is 2.34. The zero-order chi connectivity index (χ0) is 27.5. The van der Waals surface area contributed by atoms with Crippen LogP contribution in [-0.4, -0.2) is 69.4 Å². The van der Waals surface area contributed by atoms with Gasteiger partial charge in [-0.2, -0.15) is 5.10 Å². The van der Waals surface area contributed by atoms with Crippen molar-refractivity contribution in [2.75, 3.05) is 24.8 Å². The van der Waals surface area contributed by atoms with E-state index in [1.807, 2.05) is 18.4 Å². The number of rotatable bonds is 12. The van der Waals surface area contributed by atoms with Gasteiger partial charge in [0.2, 0.25) is 5.95 Å². The number of carbonyl (C=O) groups is 2. The van der Waals surface area contributed by atoms with E-state index in [0.29, 0.717) is 58.8 Å². The quantitative estimate of drug-likeness (QED) is 0.178. The van der Waals surface area contributed by atoms with E-state index in [4.69, 9.17) is 9.72 Å². The first kappa shape index (κ1) is 29.0. The number of aromatic nitrogens is 4. The highest BCUT2D eigenvalue weighted by Gasteiger charge is 2.29. The number of halogens is 1. The number of carbonyl (C=O) groups excluding carboxylic acids is 1. The normalized spacial score (nSPS) is 11.9. The van der Waals surface area contributed by atoms with Gasteiger partial charge in [0.25, 0.3) is 5.91 Å². The van der Waals surface area contributed by atoms with Crippen LogP contribution < -0.4 is 4.90 Å². The van der Waals surface area contributed by atoms with Gasteiger partial charge in [0.1, 0.15) is 12.4 Å². The Morgan fingerprint density at radius 1 is 1.22 bits per heavy atom. The van der Waals surface area contributed by atoms with E-state index in [1.54, 1.807) is 23.7 Å². The van der Waals surface area contributed by atoms with E-state index in [1.165, 1.54) is 4.90 Å². The van der Waals surface area contributed by atoms with Crippen LogP contribution in [0.2, 0.25) is 25.7 Å². The van der Waals surface area contributed by atoms with Crippen molar-refractivity contribution in [1.29, 1.82) is 0 Å². The number of fused-ring (bicyclic) bond motifs is 1. The van der Waals surface area contributed by atoms with Crippen LogP contribution in [0.25, 0.3) is 11.0 Å². The second kappa shape index (κ2) is 11.9. The van der Waals surface area contributed by atoms with Crippen LogP contribution in [0.3, 0.4) is 0 Å². The molecule has 2 aromatic heterocycles. The highest BCUT2D eigenvalue weighted by molar-refractivity contribution is 9.10. The topological polar surface area (TPSA) is 123 Å². The molecule has 0 radical (unpaired) electrons. The lowest BCUT2D eigenvalue weighted by atomic mass is 10.1. The van der Waals surface area contributed by atoms with Crippen LogP contribution in [0.5, 0.6) is 0 Å². The number of hydrogen-bond donors (Lipinski definition) is 2. The van der Waals surface area contributed by atoms with Crippen molar-refractivity contribution in [2.24, 2.45) is 0 Å². The second-order valence-corrected chi connectivity index (χ2v) is 16.7. The van der Waals surface area contributed by atoms with Crippen molar-refractivity contribution in [2.45, 2.75) is 66.0 Å². The smallest absolute Gasteiger partial charge is 0.336 e. The molecule has 2 N–H and O–H groups in total. The summed E-state index contributed by atoms with van der Waals surface area (Å²) in [5.74, 6) is -1.05. The number of aromatic carboxylic acids is 1. The number of ether oxygens (including phenoxy) is 1. The van der Waals surface area contributed by atoms with Gasteiger partial charge in [-0.15, -0.1) is 0 Å². The van der Waals surface area contributed by atoms with Crippen LogP contribution in [-0.2, 0) is 17.8 Å². The maximum Gasteiger partial charge on any atom is 0.336 e. The number of aliphatic hydroxyl groups is 1. The largest absolute Gasteiger partial charge is 0.478 e. The number of imidazole rings is 1. The lowest BCUT2D eigenvalue weighted by Gasteiger charge is -2.24. The second-order valence-electron chi connectivity index (χ2n) is 10.2. The van der Waals surface area contributed by atoms with Crippen LogP contribution in [0, 0.1) is 13.8 Å². The average molecular weight is 595 g/mol. The maximum atomic E-state index is 14.0. The van der Waals surface area contributed by atoms with E-state index < -0.39 is 14.0 Å². The Labute approximate surface area is 226 Å². The summed E-state index contributed by atoms with van der Waals surface area (Å²) in [5.41, 5.74) is 2.89. The van der Waals surface area contributed by atoms with Crippen LogP contribution in [0.15, 0.2) is 16.6 Å². The predicted octanol–water partition coefficient (Wildman–Crippen LogP) is 4.67. The summed E-state index contributed by atoms with van der Waals surface area (Å²) in [5, 5.41) is 23.7. The van der Waals surface area contributed by atoms with Crippen molar-refractivity contribution in [3.05, 3.63) is 39.1 Å². The molecule has 2 heterocycles. The number of aliphatic hydroxyl groups excluding tert-OH is 1. The molecule has 0 unspecified atom stereocenters. The van der Waals surface area contributed by atoms with Gasteiger partial charge in [-0.3, -0.25) is 14.4 Å². The molecule has 0 saturated carbocycles. The Morgan fingerprint density at radius 2 is 1.92 bits per heavy atom. The summed E-state index contributed by atoms with van der Waals surface area (Å²) in [6.45, 7) is 13.6. The van der Waals surface area contributed by atoms with Gasteiger partial charge in [0, 0.05) is 38.8 Å². The van der Waals surface area contributed by atoms with E-state index in [-0.39, 0.29) is 24.8 Å². The molecule has 0 saturated heterocycles. The average Bonchev–Trinajstić information content (AvgIpc) is 3.39. The molecule has 1 amide bonds. The molecule has 1 aromatic carbocycles. The predicted molar refractivity (Wildman–Crippen MR) is 149 cm³/mol. The Bertz CT molecular complexity index is 1300. The highest BCUT2D eigenvalue weighted by atomic mass is 79.9. The summed E-state index contributed by atoms with van der Waals surface area (Å²) < 4.78 is 10.1. The first-order chi connectivity index (χ1) is 17.4. The van der Waals surface area contributed by atoms with Crippen molar-refractivity contribution < 1.29 is 24.5 Å². The standard InChI is InChI=1S/C25H36BrN5O5Si/c1-7-31-20(13-16(2)28-31)23(33)30(15-36-11-12-37(4,5)6)25-27-21-17(3)18(24(34)35)14-19(26)22(21)29(25)9-8-10-32/h13-14,32H,7-12,15H2,1-6H3,(H,34,35). The molecule has 0 aliphatic heterocycles. The van der Waals surface area contributed by atoms with Gasteiger partial charge in [0.05, 0.1) is 22.3 Å². The van der Waals surface area contributed by atoms with E-state index in [9.17, 15) is 19.8 Å². The van der Waals surface area contributed by atoms with Crippen molar-refractivity contribution in [3.63, 3.8) is 0 Å². The molecule has 202 valence electrons. The molecule has 0 spiro atoms. The fraction of sp³-hybridized carbons (Fsp3) is 0.520. The third-order valence-electron chi connectivity index (χ3n) is 6.10. The fourth-order valence-corrected chi connectivity index (χ4v) is 5.47. The zero-order valence-electron chi connectivity index (χ0n) is 22.3. The Morgan fingerprint density at radius 3 is 2.51 bits per heavy atom. The molecule has 0 fully saturated rings. The first-order valence-electron chi connectivity index (χ1n) is 12.4. The maximum absolute atomic E-state index is 14.0. The Balaban J connectivity index is 2.19. The van der Waals surface area contributed by atoms with E-state index in [0.717, 1.165) is 11.7 Å². The zero-order valence-corrected chi connectivity index (χ0v) is 24.9. The number of hydrogen-bond acceptors (Lipinski definition) is 6. The molecular weight excluding hydrogens is 558 g/mol. The fourth-order valence-electron chi connectivity index (χ4n) is 4.08. The van der Waals surface area contributed by atoms with Crippen LogP contribution in [0.1, 0.15) is 45.4 Å². The third-order valence-corrected chi connectivity index (χ3v) is 8.41. The van der Waals surface area contributed by atoms with Crippen molar-refractivity contribution in [1.82, 2.24) is 19.3 Å². The molecule has 10 nitrogen and oxygen atoms in total. The van der Waals surface area contributed by atoms with Crippen LogP contribution in [0.4, 0.5) is 5.95 Å². The number of nitrogens with zero attached hydrogens (tertiary/aromatic N) is 5. The monoisotopic (exact) mass is 593 g/mol. The van der Waals surface area contributed by atoms with Gasteiger partial charge in [-0.1, -0.05) is 19.6 Å². The molecule has 0 aliphatic rings. The molecule has 12 heteroatoms. The molecule has 0 bridgehead atoms.